The number of fused-ring (bicyclic) bond motifs is 1. The van der Waals surface area contributed by atoms with E-state index in [9.17, 15) is 0 Å². The zero-order valence-corrected chi connectivity index (χ0v) is 8.37. The fraction of sp³-hybridized carbons (Fsp3) is 0.444. The first-order valence-electron chi connectivity index (χ1n) is 4.67. The Kier molecular flexibility index (Phi) is 1.75. The number of hydrogen-bond acceptors (Lipinski definition) is 5. The van der Waals surface area contributed by atoms with E-state index in [4.69, 9.17) is 5.73 Å². The van der Waals surface area contributed by atoms with Gasteiger partial charge in [-0.1, -0.05) is 11.3 Å². The quantitative estimate of drug-likeness (QED) is 0.808. The highest BCUT2D eigenvalue weighted by atomic mass is 32.1. The molecule has 72 valence electrons. The maximum Gasteiger partial charge on any atom is 0.189 e. The summed E-state index contributed by atoms with van der Waals surface area (Å²) in [6, 6.07) is 0.0935. The van der Waals surface area contributed by atoms with Crippen molar-refractivity contribution in [2.45, 2.75) is 18.9 Å². The zero-order chi connectivity index (χ0) is 9.54. The van der Waals surface area contributed by atoms with Gasteiger partial charge in [-0.3, -0.25) is 0 Å². The van der Waals surface area contributed by atoms with Crippen molar-refractivity contribution in [3.63, 3.8) is 0 Å². The lowest BCUT2D eigenvalue weighted by Gasteiger charge is -2.03. The van der Waals surface area contributed by atoms with Gasteiger partial charge in [0.25, 0.3) is 0 Å². The van der Waals surface area contributed by atoms with Gasteiger partial charge in [-0.15, -0.1) is 0 Å². The number of aromatic nitrogens is 3. The van der Waals surface area contributed by atoms with Crippen molar-refractivity contribution in [2.24, 2.45) is 11.7 Å². The second kappa shape index (κ2) is 2.96. The first-order chi connectivity index (χ1) is 6.84. The van der Waals surface area contributed by atoms with Crippen LogP contribution in [0.25, 0.3) is 10.5 Å². The molecule has 14 heavy (non-hydrogen) atoms. The van der Waals surface area contributed by atoms with Gasteiger partial charge in [0.2, 0.25) is 0 Å². The Labute approximate surface area is 85.2 Å². The number of nitrogens with two attached hydrogens (primary N) is 1. The molecular weight excluding hydrogens is 196 g/mol. The molecule has 1 aliphatic carbocycles. The van der Waals surface area contributed by atoms with E-state index in [1.165, 1.54) is 12.8 Å². The summed E-state index contributed by atoms with van der Waals surface area (Å²) in [6.07, 6.45) is 5.82. The van der Waals surface area contributed by atoms with Crippen LogP contribution < -0.4 is 5.73 Å². The topological polar surface area (TPSA) is 64.7 Å². The summed E-state index contributed by atoms with van der Waals surface area (Å²) in [5.41, 5.74) is 6.78. The van der Waals surface area contributed by atoms with Crippen LogP contribution in [0.2, 0.25) is 0 Å². The van der Waals surface area contributed by atoms with E-state index in [0.717, 1.165) is 15.5 Å². The van der Waals surface area contributed by atoms with Crippen LogP contribution >= 0.6 is 11.3 Å². The van der Waals surface area contributed by atoms with Crippen LogP contribution in [0.3, 0.4) is 0 Å². The largest absolute Gasteiger partial charge is 0.322 e. The van der Waals surface area contributed by atoms with Crippen molar-refractivity contribution in [3.05, 3.63) is 17.4 Å². The lowest BCUT2D eigenvalue weighted by molar-refractivity contribution is 0.630. The highest BCUT2D eigenvalue weighted by Crippen LogP contribution is 2.40. The lowest BCUT2D eigenvalue weighted by Crippen LogP contribution is -2.11. The molecule has 0 aliphatic heterocycles. The number of hydrogen-bond donors (Lipinski definition) is 1. The molecule has 1 atom stereocenters. The van der Waals surface area contributed by atoms with Crippen molar-refractivity contribution in [3.8, 4) is 0 Å². The molecule has 0 radical (unpaired) electrons. The first kappa shape index (κ1) is 8.26. The molecule has 2 aromatic heterocycles. The summed E-state index contributed by atoms with van der Waals surface area (Å²) in [5, 5.41) is 0.980. The highest BCUT2D eigenvalue weighted by Gasteiger charge is 2.31. The highest BCUT2D eigenvalue weighted by molar-refractivity contribution is 7.18. The molecule has 2 aromatic rings. The molecule has 0 aromatic carbocycles. The Bertz CT molecular complexity index is 430. The van der Waals surface area contributed by atoms with Gasteiger partial charge in [0.1, 0.15) is 5.01 Å². The average Bonchev–Trinajstić information content (AvgIpc) is 2.95. The van der Waals surface area contributed by atoms with E-state index >= 15 is 0 Å². The maximum atomic E-state index is 6.06. The molecule has 0 spiro atoms. The number of thiazole rings is 1. The molecule has 5 heteroatoms. The van der Waals surface area contributed by atoms with Gasteiger partial charge in [0.15, 0.2) is 10.5 Å². The molecular formula is C9H10N4S. The van der Waals surface area contributed by atoms with Crippen LogP contribution in [0.15, 0.2) is 12.4 Å². The molecule has 4 nitrogen and oxygen atoms in total. The van der Waals surface area contributed by atoms with Crippen LogP contribution in [0.4, 0.5) is 0 Å². The van der Waals surface area contributed by atoms with Gasteiger partial charge in [0, 0.05) is 12.4 Å². The Morgan fingerprint density at radius 3 is 2.86 bits per heavy atom. The number of rotatable bonds is 2. The van der Waals surface area contributed by atoms with Gasteiger partial charge in [-0.25, -0.2) is 15.0 Å². The monoisotopic (exact) mass is 206 g/mol. The second-order valence-electron chi connectivity index (χ2n) is 3.60. The van der Waals surface area contributed by atoms with E-state index in [0.29, 0.717) is 5.92 Å². The van der Waals surface area contributed by atoms with Crippen LogP contribution in [0.1, 0.15) is 23.9 Å². The third-order valence-corrected chi connectivity index (χ3v) is 3.53. The summed E-state index contributed by atoms with van der Waals surface area (Å²) in [5.74, 6) is 0.635. The summed E-state index contributed by atoms with van der Waals surface area (Å²) in [6.45, 7) is 0. The van der Waals surface area contributed by atoms with Gasteiger partial charge in [0.05, 0.1) is 6.04 Å². The van der Waals surface area contributed by atoms with Crippen LogP contribution in [0, 0.1) is 5.92 Å². The zero-order valence-electron chi connectivity index (χ0n) is 7.55. The summed E-state index contributed by atoms with van der Waals surface area (Å²) in [7, 11) is 0. The molecule has 2 heterocycles. The molecule has 1 aliphatic rings. The SMILES string of the molecule is NC(c1nc2nccnc2s1)C1CC1. The second-order valence-corrected chi connectivity index (χ2v) is 4.61. The molecule has 0 bridgehead atoms. The summed E-state index contributed by atoms with van der Waals surface area (Å²) in [4.78, 5) is 13.6. The van der Waals surface area contributed by atoms with Crippen molar-refractivity contribution in [2.75, 3.05) is 0 Å². The average molecular weight is 206 g/mol. The third-order valence-electron chi connectivity index (χ3n) is 2.48. The molecule has 2 N–H and O–H groups in total. The molecule has 1 unspecified atom stereocenters. The molecule has 0 saturated heterocycles. The molecule has 1 saturated carbocycles. The predicted molar refractivity (Wildman–Crippen MR) is 54.9 cm³/mol. The Balaban J connectivity index is 2.04. The van der Waals surface area contributed by atoms with E-state index in [-0.39, 0.29) is 6.04 Å². The molecule has 1 fully saturated rings. The summed E-state index contributed by atoms with van der Waals surface area (Å²) >= 11 is 1.56. The van der Waals surface area contributed by atoms with Crippen LogP contribution in [-0.2, 0) is 0 Å². The first-order valence-corrected chi connectivity index (χ1v) is 5.49. The Morgan fingerprint density at radius 2 is 2.14 bits per heavy atom. The smallest absolute Gasteiger partial charge is 0.189 e. The minimum atomic E-state index is 0.0935. The Hall–Kier alpha value is -1.07. The van der Waals surface area contributed by atoms with E-state index < -0.39 is 0 Å². The van der Waals surface area contributed by atoms with E-state index in [1.807, 2.05) is 0 Å². The van der Waals surface area contributed by atoms with E-state index in [2.05, 4.69) is 15.0 Å². The summed E-state index contributed by atoms with van der Waals surface area (Å²) < 4.78 is 0. The third kappa shape index (κ3) is 1.29. The molecule has 3 rings (SSSR count). The van der Waals surface area contributed by atoms with Gasteiger partial charge < -0.3 is 5.73 Å². The van der Waals surface area contributed by atoms with Crippen LogP contribution in [0.5, 0.6) is 0 Å². The van der Waals surface area contributed by atoms with Crippen molar-refractivity contribution in [1.29, 1.82) is 0 Å². The normalized spacial score (nSPS) is 18.6. The number of nitrogens with zero attached hydrogens (tertiary/aromatic N) is 3. The Morgan fingerprint density at radius 1 is 1.36 bits per heavy atom. The van der Waals surface area contributed by atoms with Gasteiger partial charge in [-0.2, -0.15) is 0 Å². The van der Waals surface area contributed by atoms with Crippen molar-refractivity contribution in [1.82, 2.24) is 15.0 Å². The predicted octanol–water partition coefficient (Wildman–Crippen LogP) is 1.50. The van der Waals surface area contributed by atoms with Crippen LogP contribution in [-0.4, -0.2) is 15.0 Å². The van der Waals surface area contributed by atoms with Gasteiger partial charge >= 0.3 is 0 Å². The van der Waals surface area contributed by atoms with E-state index in [1.54, 1.807) is 23.7 Å². The minimum absolute atomic E-state index is 0.0935. The fourth-order valence-electron chi connectivity index (χ4n) is 1.49. The maximum absolute atomic E-state index is 6.06. The minimum Gasteiger partial charge on any atom is -0.322 e. The lowest BCUT2D eigenvalue weighted by atomic mass is 10.2. The fourth-order valence-corrected chi connectivity index (χ4v) is 2.45. The standard InChI is InChI=1S/C9H10N4S/c10-6(5-1-2-5)8-13-7-9(14-8)12-4-3-11-7/h3-6H,1-2,10H2. The van der Waals surface area contributed by atoms with Crippen molar-refractivity contribution >= 4 is 21.8 Å². The van der Waals surface area contributed by atoms with Crippen molar-refractivity contribution < 1.29 is 0 Å². The van der Waals surface area contributed by atoms with Gasteiger partial charge in [-0.05, 0) is 18.8 Å². The molecule has 0 amide bonds.